The third-order valence-electron chi connectivity index (χ3n) is 1.86. The van der Waals surface area contributed by atoms with E-state index in [4.69, 9.17) is 5.73 Å². The molecule has 0 amide bonds. The zero-order valence-corrected chi connectivity index (χ0v) is 9.44. The second kappa shape index (κ2) is 3.88. The Morgan fingerprint density at radius 2 is 1.69 bits per heavy atom. The van der Waals surface area contributed by atoms with Gasteiger partial charge in [0.15, 0.2) is 0 Å². The van der Waals surface area contributed by atoms with Crippen molar-refractivity contribution in [2.75, 3.05) is 11.1 Å². The van der Waals surface area contributed by atoms with Gasteiger partial charge in [-0.15, -0.1) is 0 Å². The number of nitrogens with two attached hydrogens (primary N) is 1. The Hall–Kier alpha value is -1.39. The highest BCUT2D eigenvalue weighted by atomic mass is 19.4. The third-order valence-corrected chi connectivity index (χ3v) is 1.86. The molecular formula is C11H15F3N2. The Morgan fingerprint density at radius 3 is 2.12 bits per heavy atom. The smallest absolute Gasteiger partial charge is 0.399 e. The maximum absolute atomic E-state index is 12.7. The van der Waals surface area contributed by atoms with Crippen molar-refractivity contribution in [1.82, 2.24) is 0 Å². The second-order valence-corrected chi connectivity index (χ2v) is 4.68. The molecule has 5 heteroatoms. The first-order valence-electron chi connectivity index (χ1n) is 4.84. The normalized spacial score (nSPS) is 12.6. The molecule has 0 aliphatic rings. The molecule has 0 unspecified atom stereocenters. The maximum Gasteiger partial charge on any atom is 0.418 e. The molecule has 1 aromatic carbocycles. The Morgan fingerprint density at radius 1 is 1.12 bits per heavy atom. The van der Waals surface area contributed by atoms with E-state index in [1.54, 1.807) is 20.8 Å². The Balaban J connectivity index is 3.19. The van der Waals surface area contributed by atoms with E-state index in [1.807, 2.05) is 0 Å². The summed E-state index contributed by atoms with van der Waals surface area (Å²) in [6.45, 7) is 5.39. The molecule has 1 aromatic rings. The predicted octanol–water partition coefficient (Wildman–Crippen LogP) is 3.50. The summed E-state index contributed by atoms with van der Waals surface area (Å²) in [6.07, 6.45) is -4.40. The Bertz CT molecular complexity index is 378. The summed E-state index contributed by atoms with van der Waals surface area (Å²) < 4.78 is 38.1. The molecule has 0 saturated carbocycles. The molecule has 90 valence electrons. The van der Waals surface area contributed by atoms with E-state index in [0.29, 0.717) is 0 Å². The van der Waals surface area contributed by atoms with Crippen LogP contribution in [0.4, 0.5) is 24.5 Å². The van der Waals surface area contributed by atoms with Crippen LogP contribution in [-0.2, 0) is 6.18 Å². The first-order chi connectivity index (χ1) is 7.09. The number of anilines is 2. The minimum absolute atomic E-state index is 0.0502. The van der Waals surface area contributed by atoms with Crippen LogP contribution in [0.3, 0.4) is 0 Å². The number of nitrogens with one attached hydrogen (secondary N) is 1. The fourth-order valence-corrected chi connectivity index (χ4v) is 1.31. The average molecular weight is 232 g/mol. The van der Waals surface area contributed by atoms with Crippen molar-refractivity contribution in [3.8, 4) is 0 Å². The van der Waals surface area contributed by atoms with Gasteiger partial charge >= 0.3 is 6.18 Å². The zero-order chi connectivity index (χ0) is 12.6. The van der Waals surface area contributed by atoms with Gasteiger partial charge in [0.2, 0.25) is 0 Å². The van der Waals surface area contributed by atoms with Gasteiger partial charge in [-0.3, -0.25) is 0 Å². The summed E-state index contributed by atoms with van der Waals surface area (Å²) in [7, 11) is 0. The fraction of sp³-hybridized carbons (Fsp3) is 0.455. The number of rotatable bonds is 1. The fourth-order valence-electron chi connectivity index (χ4n) is 1.31. The van der Waals surface area contributed by atoms with Crippen LogP contribution < -0.4 is 11.1 Å². The van der Waals surface area contributed by atoms with Gasteiger partial charge in [-0.2, -0.15) is 13.2 Å². The van der Waals surface area contributed by atoms with Crippen molar-refractivity contribution in [3.63, 3.8) is 0 Å². The molecule has 0 fully saturated rings. The lowest BCUT2D eigenvalue weighted by atomic mass is 10.1. The molecule has 0 saturated heterocycles. The van der Waals surface area contributed by atoms with Gasteiger partial charge in [-0.05, 0) is 39.0 Å². The molecule has 0 heterocycles. The number of alkyl halides is 3. The first kappa shape index (κ1) is 12.7. The number of hydrogen-bond donors (Lipinski definition) is 2. The molecule has 0 aliphatic carbocycles. The summed E-state index contributed by atoms with van der Waals surface area (Å²) in [5, 5.41) is 2.81. The predicted molar refractivity (Wildman–Crippen MR) is 59.2 cm³/mol. The number of benzene rings is 1. The van der Waals surface area contributed by atoms with E-state index < -0.39 is 17.3 Å². The Labute approximate surface area is 92.6 Å². The van der Waals surface area contributed by atoms with Crippen LogP contribution in [-0.4, -0.2) is 5.54 Å². The molecule has 3 N–H and O–H groups in total. The van der Waals surface area contributed by atoms with Crippen LogP contribution in [0.5, 0.6) is 0 Å². The van der Waals surface area contributed by atoms with E-state index in [-0.39, 0.29) is 11.4 Å². The van der Waals surface area contributed by atoms with E-state index >= 15 is 0 Å². The lowest BCUT2D eigenvalue weighted by Gasteiger charge is -2.25. The van der Waals surface area contributed by atoms with Gasteiger partial charge in [0, 0.05) is 16.9 Å². The highest BCUT2D eigenvalue weighted by molar-refractivity contribution is 5.60. The summed E-state index contributed by atoms with van der Waals surface area (Å²) >= 11 is 0. The molecule has 0 spiro atoms. The van der Waals surface area contributed by atoms with E-state index in [0.717, 1.165) is 6.07 Å². The van der Waals surface area contributed by atoms with E-state index in [1.165, 1.54) is 12.1 Å². The molecule has 2 nitrogen and oxygen atoms in total. The molecule has 0 aliphatic heterocycles. The third kappa shape index (κ3) is 3.32. The maximum atomic E-state index is 12.7. The standard InChI is InChI=1S/C11H15F3N2/c1-10(2,3)16-9-5-4-7(15)6-8(9)11(12,13)14/h4-6,16H,15H2,1-3H3. The molecular weight excluding hydrogens is 217 g/mol. The van der Waals surface area contributed by atoms with Gasteiger partial charge in [0.05, 0.1) is 5.56 Å². The SMILES string of the molecule is CC(C)(C)Nc1ccc(N)cc1C(F)(F)F. The van der Waals surface area contributed by atoms with Gasteiger partial charge < -0.3 is 11.1 Å². The highest BCUT2D eigenvalue weighted by Gasteiger charge is 2.34. The zero-order valence-electron chi connectivity index (χ0n) is 9.44. The largest absolute Gasteiger partial charge is 0.418 e. The van der Waals surface area contributed by atoms with Crippen molar-refractivity contribution >= 4 is 11.4 Å². The average Bonchev–Trinajstić information content (AvgIpc) is 2.04. The van der Waals surface area contributed by atoms with Crippen molar-refractivity contribution < 1.29 is 13.2 Å². The van der Waals surface area contributed by atoms with Crippen LogP contribution in [0.25, 0.3) is 0 Å². The molecule has 0 atom stereocenters. The molecule has 0 radical (unpaired) electrons. The molecule has 1 rings (SSSR count). The highest BCUT2D eigenvalue weighted by Crippen LogP contribution is 2.36. The lowest BCUT2D eigenvalue weighted by Crippen LogP contribution is -2.27. The van der Waals surface area contributed by atoms with Crippen molar-refractivity contribution in [2.24, 2.45) is 0 Å². The van der Waals surface area contributed by atoms with Crippen molar-refractivity contribution in [1.29, 1.82) is 0 Å². The van der Waals surface area contributed by atoms with Gasteiger partial charge in [0.25, 0.3) is 0 Å². The summed E-state index contributed by atoms with van der Waals surface area (Å²) in [5.74, 6) is 0. The van der Waals surface area contributed by atoms with Crippen molar-refractivity contribution in [2.45, 2.75) is 32.5 Å². The summed E-state index contributed by atoms with van der Waals surface area (Å²) in [4.78, 5) is 0. The topological polar surface area (TPSA) is 38.0 Å². The molecule has 0 bridgehead atoms. The lowest BCUT2D eigenvalue weighted by molar-refractivity contribution is -0.136. The van der Waals surface area contributed by atoms with Crippen molar-refractivity contribution in [3.05, 3.63) is 23.8 Å². The number of nitrogen functional groups attached to an aromatic ring is 1. The van der Waals surface area contributed by atoms with Gasteiger partial charge in [0.1, 0.15) is 0 Å². The molecule has 0 aromatic heterocycles. The Kier molecular flexibility index (Phi) is 3.08. The van der Waals surface area contributed by atoms with Gasteiger partial charge in [-0.25, -0.2) is 0 Å². The second-order valence-electron chi connectivity index (χ2n) is 4.68. The van der Waals surface area contributed by atoms with Crippen LogP contribution in [0, 0.1) is 0 Å². The quantitative estimate of drug-likeness (QED) is 0.727. The van der Waals surface area contributed by atoms with E-state index in [2.05, 4.69) is 5.32 Å². The van der Waals surface area contributed by atoms with Gasteiger partial charge in [-0.1, -0.05) is 0 Å². The first-order valence-corrected chi connectivity index (χ1v) is 4.84. The van der Waals surface area contributed by atoms with Crippen LogP contribution >= 0.6 is 0 Å². The monoisotopic (exact) mass is 232 g/mol. The minimum atomic E-state index is -4.40. The molecule has 16 heavy (non-hydrogen) atoms. The summed E-state index contributed by atoms with van der Waals surface area (Å²) in [6, 6.07) is 3.74. The number of hydrogen-bond acceptors (Lipinski definition) is 2. The van der Waals surface area contributed by atoms with Crippen LogP contribution in [0.2, 0.25) is 0 Å². The van der Waals surface area contributed by atoms with Crippen LogP contribution in [0.15, 0.2) is 18.2 Å². The van der Waals surface area contributed by atoms with E-state index in [9.17, 15) is 13.2 Å². The van der Waals surface area contributed by atoms with Crippen LogP contribution in [0.1, 0.15) is 26.3 Å². The number of halogens is 3. The summed E-state index contributed by atoms with van der Waals surface area (Å²) in [5.41, 5.74) is 4.35. The minimum Gasteiger partial charge on any atom is -0.399 e.